The van der Waals surface area contributed by atoms with Crippen LogP contribution < -0.4 is 5.32 Å². The van der Waals surface area contributed by atoms with Crippen LogP contribution in [0.25, 0.3) is 10.9 Å². The highest BCUT2D eigenvalue weighted by atomic mass is 79.9. The fraction of sp³-hybridized carbons (Fsp3) is 0.333. The topological polar surface area (TPSA) is 67.0 Å². The molecule has 0 aromatic carbocycles. The van der Waals surface area contributed by atoms with Crippen LogP contribution >= 0.6 is 15.9 Å². The Morgan fingerprint density at radius 3 is 2.89 bits per heavy atom. The molecule has 0 saturated heterocycles. The molecule has 0 aliphatic rings. The van der Waals surface area contributed by atoms with Crippen molar-refractivity contribution >= 4 is 38.7 Å². The van der Waals surface area contributed by atoms with Crippen molar-refractivity contribution in [3.8, 4) is 0 Å². The van der Waals surface area contributed by atoms with Gasteiger partial charge in [-0.15, -0.1) is 0 Å². The van der Waals surface area contributed by atoms with Crippen molar-refractivity contribution in [2.24, 2.45) is 0 Å². The van der Waals surface area contributed by atoms with Gasteiger partial charge < -0.3 is 9.72 Å². The highest BCUT2D eigenvalue weighted by Gasteiger charge is 2.18. The fourth-order valence-electron chi connectivity index (χ4n) is 1.53. The highest BCUT2D eigenvalue weighted by molar-refractivity contribution is 9.10. The molecule has 0 spiro atoms. The molecule has 0 fully saturated rings. The summed E-state index contributed by atoms with van der Waals surface area (Å²) in [4.78, 5) is 18.9. The molecule has 0 aliphatic carbocycles. The molecular formula is C12H14BrN3O2. The van der Waals surface area contributed by atoms with E-state index in [2.05, 4.69) is 31.2 Å². The summed E-state index contributed by atoms with van der Waals surface area (Å²) >= 11 is 3.41. The van der Waals surface area contributed by atoms with Gasteiger partial charge in [0, 0.05) is 16.9 Å². The summed E-state index contributed by atoms with van der Waals surface area (Å²) in [5, 5.41) is 3.47. The number of hydrogen-bond acceptors (Lipinski definition) is 3. The Balaban J connectivity index is 2.27. The van der Waals surface area contributed by atoms with Gasteiger partial charge >= 0.3 is 6.09 Å². The largest absolute Gasteiger partial charge is 0.444 e. The van der Waals surface area contributed by atoms with E-state index in [0.29, 0.717) is 5.82 Å². The third kappa shape index (κ3) is 2.81. The van der Waals surface area contributed by atoms with Crippen LogP contribution in [0.1, 0.15) is 20.8 Å². The molecule has 2 heterocycles. The van der Waals surface area contributed by atoms with E-state index in [-0.39, 0.29) is 0 Å². The predicted molar refractivity (Wildman–Crippen MR) is 73.7 cm³/mol. The third-order valence-corrected chi connectivity index (χ3v) is 2.79. The van der Waals surface area contributed by atoms with E-state index < -0.39 is 11.7 Å². The molecule has 2 aromatic rings. The van der Waals surface area contributed by atoms with Crippen LogP contribution in [-0.4, -0.2) is 21.7 Å². The number of nitrogens with one attached hydrogen (secondary N) is 2. The van der Waals surface area contributed by atoms with Crippen molar-refractivity contribution in [3.63, 3.8) is 0 Å². The van der Waals surface area contributed by atoms with Gasteiger partial charge in [-0.25, -0.2) is 9.78 Å². The lowest BCUT2D eigenvalue weighted by molar-refractivity contribution is 0.0635. The Morgan fingerprint density at radius 2 is 2.22 bits per heavy atom. The molecule has 6 heteroatoms. The molecule has 18 heavy (non-hydrogen) atoms. The van der Waals surface area contributed by atoms with Crippen molar-refractivity contribution in [3.05, 3.63) is 22.9 Å². The number of pyridine rings is 1. The smallest absolute Gasteiger partial charge is 0.413 e. The first-order valence-corrected chi connectivity index (χ1v) is 6.28. The van der Waals surface area contributed by atoms with Crippen molar-refractivity contribution < 1.29 is 9.53 Å². The van der Waals surface area contributed by atoms with Gasteiger partial charge in [0.05, 0.1) is 10.9 Å². The normalized spacial score (nSPS) is 11.6. The number of carbonyl (C=O) groups is 1. The third-order valence-electron chi connectivity index (χ3n) is 2.16. The molecule has 1 amide bonds. The number of ether oxygens (including phenoxy) is 1. The Hall–Kier alpha value is -1.56. The molecule has 2 aromatic heterocycles. The molecule has 2 rings (SSSR count). The fourth-order valence-corrected chi connectivity index (χ4v) is 2.05. The summed E-state index contributed by atoms with van der Waals surface area (Å²) in [6.45, 7) is 5.44. The summed E-state index contributed by atoms with van der Waals surface area (Å²) in [6.07, 6.45) is 2.90. The summed E-state index contributed by atoms with van der Waals surface area (Å²) < 4.78 is 6.04. The van der Waals surface area contributed by atoms with Crippen LogP contribution in [0.4, 0.5) is 10.6 Å². The van der Waals surface area contributed by atoms with Crippen molar-refractivity contribution in [2.45, 2.75) is 26.4 Å². The van der Waals surface area contributed by atoms with E-state index in [1.807, 2.05) is 26.8 Å². The lowest BCUT2D eigenvalue weighted by Gasteiger charge is -2.19. The van der Waals surface area contributed by atoms with Crippen molar-refractivity contribution in [1.29, 1.82) is 0 Å². The van der Waals surface area contributed by atoms with Gasteiger partial charge in [0.25, 0.3) is 0 Å². The van der Waals surface area contributed by atoms with E-state index in [1.165, 1.54) is 0 Å². The maximum Gasteiger partial charge on any atom is 0.413 e. The zero-order valence-corrected chi connectivity index (χ0v) is 12.0. The average molecular weight is 312 g/mol. The van der Waals surface area contributed by atoms with Crippen LogP contribution in [0, 0.1) is 0 Å². The van der Waals surface area contributed by atoms with Gasteiger partial charge in [0.1, 0.15) is 11.4 Å². The zero-order valence-electron chi connectivity index (χ0n) is 10.4. The van der Waals surface area contributed by atoms with E-state index in [4.69, 9.17) is 4.74 Å². The number of aromatic nitrogens is 2. The molecule has 0 bridgehead atoms. The first-order valence-electron chi connectivity index (χ1n) is 5.48. The van der Waals surface area contributed by atoms with Crippen LogP contribution in [0.3, 0.4) is 0 Å². The Kier molecular flexibility index (Phi) is 3.30. The average Bonchev–Trinajstić information content (AvgIpc) is 2.58. The summed E-state index contributed by atoms with van der Waals surface area (Å²) in [5.41, 5.74) is 0.357. The monoisotopic (exact) mass is 311 g/mol. The number of rotatable bonds is 1. The van der Waals surface area contributed by atoms with E-state index in [9.17, 15) is 4.79 Å². The van der Waals surface area contributed by atoms with Crippen LogP contribution in [0.15, 0.2) is 22.9 Å². The van der Waals surface area contributed by atoms with Gasteiger partial charge in [0.2, 0.25) is 0 Å². The van der Waals surface area contributed by atoms with Crippen molar-refractivity contribution in [1.82, 2.24) is 9.97 Å². The standard InChI is InChI=1S/C12H14BrN3O2/c1-12(2,3)18-11(17)16-10-9-7(13)6-15-8(9)4-5-14-10/h4-6,15H,1-3H3,(H,14,16,17). The summed E-state index contributed by atoms with van der Waals surface area (Å²) in [6, 6.07) is 1.83. The molecule has 0 atom stereocenters. The highest BCUT2D eigenvalue weighted by Crippen LogP contribution is 2.28. The predicted octanol–water partition coefficient (Wildman–Crippen LogP) is 3.67. The van der Waals surface area contributed by atoms with Gasteiger partial charge in [-0.3, -0.25) is 5.32 Å². The summed E-state index contributed by atoms with van der Waals surface area (Å²) in [7, 11) is 0. The molecule has 0 saturated carbocycles. The minimum absolute atomic E-state index is 0.467. The molecular weight excluding hydrogens is 298 g/mol. The second-order valence-corrected chi connectivity index (χ2v) is 5.70. The summed E-state index contributed by atoms with van der Waals surface area (Å²) in [5.74, 6) is 0.467. The molecule has 96 valence electrons. The molecule has 0 radical (unpaired) electrons. The maximum absolute atomic E-state index is 11.7. The van der Waals surface area contributed by atoms with Crippen LogP contribution in [-0.2, 0) is 4.74 Å². The van der Waals surface area contributed by atoms with Gasteiger partial charge in [0.15, 0.2) is 0 Å². The molecule has 5 nitrogen and oxygen atoms in total. The van der Waals surface area contributed by atoms with Gasteiger partial charge in [-0.1, -0.05) is 0 Å². The van der Waals surface area contributed by atoms with E-state index in [1.54, 1.807) is 12.4 Å². The van der Waals surface area contributed by atoms with Crippen LogP contribution in [0.5, 0.6) is 0 Å². The Morgan fingerprint density at radius 1 is 1.50 bits per heavy atom. The molecule has 0 aliphatic heterocycles. The minimum Gasteiger partial charge on any atom is -0.444 e. The lowest BCUT2D eigenvalue weighted by Crippen LogP contribution is -2.27. The first-order chi connectivity index (χ1) is 8.37. The Bertz CT molecular complexity index is 587. The van der Waals surface area contributed by atoms with Crippen LogP contribution in [0.2, 0.25) is 0 Å². The number of anilines is 1. The van der Waals surface area contributed by atoms with E-state index >= 15 is 0 Å². The number of amides is 1. The van der Waals surface area contributed by atoms with Gasteiger partial charge in [-0.2, -0.15) is 0 Å². The SMILES string of the molecule is CC(C)(C)OC(=O)Nc1nccc2[nH]cc(Br)c12. The zero-order chi connectivity index (χ0) is 13.3. The number of aromatic amines is 1. The number of halogens is 1. The lowest BCUT2D eigenvalue weighted by atomic mass is 10.2. The van der Waals surface area contributed by atoms with Crippen molar-refractivity contribution in [2.75, 3.05) is 5.32 Å². The number of nitrogens with zero attached hydrogens (tertiary/aromatic N) is 1. The minimum atomic E-state index is -0.534. The second kappa shape index (κ2) is 4.61. The number of H-pyrrole nitrogens is 1. The van der Waals surface area contributed by atoms with E-state index in [0.717, 1.165) is 15.4 Å². The number of fused-ring (bicyclic) bond motifs is 1. The molecule has 0 unspecified atom stereocenters. The number of hydrogen-bond donors (Lipinski definition) is 2. The molecule has 2 N–H and O–H groups in total. The van der Waals surface area contributed by atoms with Gasteiger partial charge in [-0.05, 0) is 42.8 Å². The maximum atomic E-state index is 11.7. The second-order valence-electron chi connectivity index (χ2n) is 4.85. The quantitative estimate of drug-likeness (QED) is 0.844. The Labute approximate surface area is 113 Å². The first kappa shape index (κ1) is 12.9. The number of carbonyl (C=O) groups excluding carboxylic acids is 1.